The molecule has 5 aromatic carbocycles. The van der Waals surface area contributed by atoms with Crippen LogP contribution < -0.4 is 39.9 Å². The number of anilines is 2. The van der Waals surface area contributed by atoms with E-state index in [-0.39, 0.29) is 62.6 Å². The smallest absolute Gasteiger partial charge is 0.422 e. The molecule has 14 nitrogen and oxygen atoms in total. The molecule has 0 spiro atoms. The van der Waals surface area contributed by atoms with Crippen LogP contribution in [0, 0.1) is 0 Å². The topological polar surface area (TPSA) is 216 Å². The van der Waals surface area contributed by atoms with E-state index >= 15 is 0 Å². The number of ether oxygens (including phenoxy) is 6. The van der Waals surface area contributed by atoms with Gasteiger partial charge >= 0.3 is 24.3 Å². The quantitative estimate of drug-likeness (QED) is 0.0207. The fourth-order valence-electron chi connectivity index (χ4n) is 6.11. The van der Waals surface area contributed by atoms with Gasteiger partial charge in [0.15, 0.2) is 47.8 Å². The van der Waals surface area contributed by atoms with E-state index in [2.05, 4.69) is 0 Å². The number of nitrogen functional groups attached to an aromatic ring is 2. The van der Waals surface area contributed by atoms with Crippen LogP contribution in [0.4, 0.5) is 37.7 Å². The Morgan fingerprint density at radius 1 is 0.552 bits per heavy atom. The number of ketones is 2. The highest BCUT2D eigenvalue weighted by Gasteiger charge is 2.36. The summed E-state index contributed by atoms with van der Waals surface area (Å²) in [4.78, 5) is 52.3. The van der Waals surface area contributed by atoms with Crippen molar-refractivity contribution in [1.82, 2.24) is 0 Å². The Balaban J connectivity index is 1.23. The number of rotatable bonds is 19. The molecule has 0 aliphatic carbocycles. The summed E-state index contributed by atoms with van der Waals surface area (Å²) in [6.07, 6.45) is -8.58. The lowest BCUT2D eigenvalue weighted by atomic mass is 9.83. The second-order valence-electron chi connectivity index (χ2n) is 14.3. The SMILES string of the molecule is COc1cc(C(=O)Oc2ccc(/C=C/C(=O)C(O)C(c3cc(N)cc(N)c3)C(O)C(=O)/C=C/c3ccc(OC(=O)c4ccc(OCC(F)(F)F)c(OC)c4)cc3)cc2)ccc1OCC(F)(F)F. The van der Waals surface area contributed by atoms with Crippen molar-refractivity contribution in [2.75, 3.05) is 38.9 Å². The molecular weight excluding hydrogens is 899 g/mol. The number of esters is 2. The van der Waals surface area contributed by atoms with Gasteiger partial charge in [0.2, 0.25) is 0 Å². The van der Waals surface area contributed by atoms with Crippen molar-refractivity contribution >= 4 is 47.0 Å². The zero-order valence-electron chi connectivity index (χ0n) is 35.2. The van der Waals surface area contributed by atoms with Crippen LogP contribution in [0.25, 0.3) is 12.2 Å². The van der Waals surface area contributed by atoms with E-state index < -0.39 is 67.2 Å². The summed E-state index contributed by atoms with van der Waals surface area (Å²) in [5.74, 6) is -5.80. The van der Waals surface area contributed by atoms with Gasteiger partial charge in [-0.1, -0.05) is 36.4 Å². The van der Waals surface area contributed by atoms with Gasteiger partial charge < -0.3 is 50.1 Å². The maximum Gasteiger partial charge on any atom is 0.422 e. The molecule has 20 heteroatoms. The standard InChI is InChI=1S/C47H40F6N2O12/c1-62-39-21-28(9-17-37(39)64-24-46(48,49)50)44(60)66-33-11-3-26(4-12-33)7-15-35(56)42(58)41(30-19-31(54)23-32(55)20-30)43(59)36(57)16-8-27-5-13-34(14-6-27)67-45(61)29-10-18-38(40(22-29)63-2)65-25-47(51,52)53/h3-23,41-43,58-59H,24-25,54-55H2,1-2H3/b15-7+,16-8+. The second kappa shape index (κ2) is 21.9. The lowest BCUT2D eigenvalue weighted by Gasteiger charge is -2.26. The zero-order valence-corrected chi connectivity index (χ0v) is 35.2. The van der Waals surface area contributed by atoms with Gasteiger partial charge in [0.25, 0.3) is 0 Å². The molecule has 0 aliphatic heterocycles. The summed E-state index contributed by atoms with van der Waals surface area (Å²) >= 11 is 0. The predicted octanol–water partition coefficient (Wildman–Crippen LogP) is 7.56. The minimum Gasteiger partial charge on any atom is -0.493 e. The summed E-state index contributed by atoms with van der Waals surface area (Å²) in [7, 11) is 2.37. The lowest BCUT2D eigenvalue weighted by Crippen LogP contribution is -2.38. The normalized spacial score (nSPS) is 13.1. The summed E-state index contributed by atoms with van der Waals surface area (Å²) in [5.41, 5.74) is 12.9. The van der Waals surface area contributed by atoms with Gasteiger partial charge in [0.1, 0.15) is 23.7 Å². The molecule has 2 unspecified atom stereocenters. The number of methoxy groups -OCH3 is 2. The number of aliphatic hydroxyl groups is 2. The van der Waals surface area contributed by atoms with Crippen LogP contribution in [0.2, 0.25) is 0 Å². The number of halogens is 6. The maximum atomic E-state index is 13.4. The number of aliphatic hydroxyl groups excluding tert-OH is 2. The molecule has 0 amide bonds. The molecule has 0 aliphatic rings. The molecule has 352 valence electrons. The summed E-state index contributed by atoms with van der Waals surface area (Å²) < 4.78 is 106. The minimum atomic E-state index is -4.59. The molecule has 5 aromatic rings. The molecule has 0 bridgehead atoms. The largest absolute Gasteiger partial charge is 0.493 e. The molecule has 0 fully saturated rings. The van der Waals surface area contributed by atoms with E-state index in [9.17, 15) is 55.7 Å². The Kier molecular flexibility index (Phi) is 16.4. The number of nitrogens with two attached hydrogens (primary N) is 2. The third kappa shape index (κ3) is 14.6. The summed E-state index contributed by atoms with van der Waals surface area (Å²) in [5, 5.41) is 22.6. The molecule has 0 heterocycles. The highest BCUT2D eigenvalue weighted by atomic mass is 19.4. The molecule has 0 radical (unpaired) electrons. The van der Waals surface area contributed by atoms with Crippen LogP contribution in [0.15, 0.2) is 115 Å². The maximum absolute atomic E-state index is 13.4. The van der Waals surface area contributed by atoms with Crippen molar-refractivity contribution in [1.29, 1.82) is 0 Å². The number of alkyl halides is 6. The van der Waals surface area contributed by atoms with Crippen LogP contribution >= 0.6 is 0 Å². The first-order valence-electron chi connectivity index (χ1n) is 19.5. The second-order valence-corrected chi connectivity index (χ2v) is 14.3. The summed E-state index contributed by atoms with van der Waals surface area (Å²) in [6, 6.07) is 22.4. The van der Waals surface area contributed by atoms with Crippen molar-refractivity contribution < 1.29 is 84.2 Å². The molecule has 0 aromatic heterocycles. The zero-order chi connectivity index (χ0) is 49.1. The Bertz CT molecular complexity index is 2460. The van der Waals surface area contributed by atoms with E-state index in [1.807, 2.05) is 0 Å². The number of hydrogen-bond acceptors (Lipinski definition) is 14. The van der Waals surface area contributed by atoms with Gasteiger partial charge in [-0.25, -0.2) is 9.59 Å². The van der Waals surface area contributed by atoms with E-state index in [0.717, 1.165) is 36.4 Å². The fraction of sp³-hybridized carbons (Fsp3) is 0.191. The Hall–Kier alpha value is -7.84. The van der Waals surface area contributed by atoms with Crippen LogP contribution in [0.1, 0.15) is 43.3 Å². The highest BCUT2D eigenvalue weighted by Crippen LogP contribution is 2.33. The van der Waals surface area contributed by atoms with Crippen LogP contribution in [-0.4, -0.2) is 85.7 Å². The Labute approximate surface area is 377 Å². The highest BCUT2D eigenvalue weighted by molar-refractivity contribution is 6.01. The number of hydrogen-bond donors (Lipinski definition) is 4. The summed E-state index contributed by atoms with van der Waals surface area (Å²) in [6.45, 7) is -3.14. The van der Waals surface area contributed by atoms with E-state index in [1.54, 1.807) is 0 Å². The molecule has 0 saturated heterocycles. The van der Waals surface area contributed by atoms with Gasteiger partial charge in [0, 0.05) is 11.4 Å². The molecule has 0 saturated carbocycles. The molecular formula is C47H40F6N2O12. The number of carbonyl (C=O) groups is 4. The minimum absolute atomic E-state index is 0.0574. The van der Waals surface area contributed by atoms with Crippen molar-refractivity contribution in [3.8, 4) is 34.5 Å². The lowest BCUT2D eigenvalue weighted by molar-refractivity contribution is -0.154. The molecule has 67 heavy (non-hydrogen) atoms. The molecule has 5 rings (SSSR count). The van der Waals surface area contributed by atoms with Crippen LogP contribution in [0.3, 0.4) is 0 Å². The first kappa shape index (κ1) is 50.2. The Morgan fingerprint density at radius 3 is 1.27 bits per heavy atom. The third-order valence-electron chi connectivity index (χ3n) is 9.29. The van der Waals surface area contributed by atoms with Gasteiger partial charge in [0.05, 0.1) is 31.3 Å². The fourth-order valence-corrected chi connectivity index (χ4v) is 6.11. The van der Waals surface area contributed by atoms with Crippen molar-refractivity contribution in [2.24, 2.45) is 0 Å². The van der Waals surface area contributed by atoms with Crippen molar-refractivity contribution in [2.45, 2.75) is 30.5 Å². The van der Waals surface area contributed by atoms with Gasteiger partial charge in [-0.3, -0.25) is 9.59 Å². The van der Waals surface area contributed by atoms with Crippen molar-refractivity contribution in [3.63, 3.8) is 0 Å². The number of carbonyl (C=O) groups excluding carboxylic acids is 4. The average molecular weight is 939 g/mol. The third-order valence-corrected chi connectivity index (χ3v) is 9.29. The molecule has 2 atom stereocenters. The predicted molar refractivity (Wildman–Crippen MR) is 230 cm³/mol. The first-order chi connectivity index (χ1) is 31.6. The van der Waals surface area contributed by atoms with E-state index in [1.165, 1.54) is 105 Å². The van der Waals surface area contributed by atoms with Crippen LogP contribution in [0.5, 0.6) is 34.5 Å². The van der Waals surface area contributed by atoms with Crippen molar-refractivity contribution in [3.05, 3.63) is 143 Å². The van der Waals surface area contributed by atoms with Crippen LogP contribution in [-0.2, 0) is 9.59 Å². The number of benzene rings is 5. The van der Waals surface area contributed by atoms with E-state index in [0.29, 0.717) is 11.1 Å². The van der Waals surface area contributed by atoms with Gasteiger partial charge in [-0.2, -0.15) is 26.3 Å². The first-order valence-corrected chi connectivity index (χ1v) is 19.5. The van der Waals surface area contributed by atoms with Gasteiger partial charge in [-0.05, 0) is 108 Å². The Morgan fingerprint density at radius 2 is 0.925 bits per heavy atom. The molecule has 6 N–H and O–H groups in total. The monoisotopic (exact) mass is 938 g/mol. The van der Waals surface area contributed by atoms with E-state index in [4.69, 9.17) is 39.9 Å². The average Bonchev–Trinajstić information content (AvgIpc) is 3.28. The van der Waals surface area contributed by atoms with Gasteiger partial charge in [-0.15, -0.1) is 0 Å².